The Morgan fingerprint density at radius 1 is 1.03 bits per heavy atom. The maximum Gasteiger partial charge on any atom is 0.259 e. The molecule has 0 amide bonds. The molecule has 0 aliphatic heterocycles. The average molecular weight is 391 g/mol. The van der Waals surface area contributed by atoms with Crippen LogP contribution in [-0.4, -0.2) is 34.4 Å². The first-order valence-corrected chi connectivity index (χ1v) is 9.16. The summed E-state index contributed by atoms with van der Waals surface area (Å²) in [5, 5.41) is 7.97. The van der Waals surface area contributed by atoms with Crippen molar-refractivity contribution in [3.63, 3.8) is 0 Å². The van der Waals surface area contributed by atoms with Crippen molar-refractivity contribution < 1.29 is 13.8 Å². The van der Waals surface area contributed by atoms with Crippen LogP contribution in [0.2, 0.25) is 0 Å². The van der Waals surface area contributed by atoms with Gasteiger partial charge in [-0.2, -0.15) is 4.98 Å². The number of ether oxygens (including phenoxy) is 1. The lowest BCUT2D eigenvalue weighted by atomic mass is 10.1. The number of aromatic nitrogens is 4. The van der Waals surface area contributed by atoms with E-state index in [0.29, 0.717) is 24.7 Å². The summed E-state index contributed by atoms with van der Waals surface area (Å²) in [6.45, 7) is 2.48. The van der Waals surface area contributed by atoms with Crippen LogP contribution in [0.3, 0.4) is 0 Å². The van der Waals surface area contributed by atoms with Crippen LogP contribution in [0, 0.1) is 6.92 Å². The molecule has 8 nitrogen and oxygen atoms in total. The van der Waals surface area contributed by atoms with Gasteiger partial charge in [-0.1, -0.05) is 22.4 Å². The molecule has 29 heavy (non-hydrogen) atoms. The van der Waals surface area contributed by atoms with Gasteiger partial charge in [0.1, 0.15) is 11.6 Å². The molecule has 1 aromatic carbocycles. The number of benzene rings is 1. The third-order valence-electron chi connectivity index (χ3n) is 4.45. The van der Waals surface area contributed by atoms with Crippen LogP contribution >= 0.6 is 0 Å². The van der Waals surface area contributed by atoms with E-state index in [9.17, 15) is 0 Å². The molecule has 0 fully saturated rings. The van der Waals surface area contributed by atoms with Crippen molar-refractivity contribution in [2.75, 3.05) is 19.1 Å². The van der Waals surface area contributed by atoms with Gasteiger partial charge in [0.2, 0.25) is 0 Å². The average Bonchev–Trinajstić information content (AvgIpc) is 3.37. The summed E-state index contributed by atoms with van der Waals surface area (Å²) in [4.78, 5) is 10.9. The number of nitrogens with zero attached hydrogens (tertiary/aromatic N) is 5. The number of pyridine rings is 1. The second kappa shape index (κ2) is 8.14. The molecule has 0 saturated heterocycles. The summed E-state index contributed by atoms with van der Waals surface area (Å²) in [5.74, 6) is 3.47. The van der Waals surface area contributed by atoms with Crippen LogP contribution in [0.1, 0.15) is 22.8 Å². The quantitative estimate of drug-likeness (QED) is 0.471. The van der Waals surface area contributed by atoms with Gasteiger partial charge in [0.15, 0.2) is 11.6 Å². The van der Waals surface area contributed by atoms with Gasteiger partial charge < -0.3 is 18.7 Å². The number of aryl methyl sites for hydroxylation is 1. The van der Waals surface area contributed by atoms with Crippen LogP contribution in [0.5, 0.6) is 5.75 Å². The highest BCUT2D eigenvalue weighted by Crippen LogP contribution is 2.21. The number of hydrogen-bond acceptors (Lipinski definition) is 8. The van der Waals surface area contributed by atoms with E-state index in [-0.39, 0.29) is 0 Å². The van der Waals surface area contributed by atoms with Crippen LogP contribution in [0.15, 0.2) is 57.7 Å². The number of anilines is 1. The second-order valence-corrected chi connectivity index (χ2v) is 6.74. The van der Waals surface area contributed by atoms with Gasteiger partial charge in [-0.3, -0.25) is 0 Å². The van der Waals surface area contributed by atoms with Gasteiger partial charge in [0, 0.05) is 25.7 Å². The largest absolute Gasteiger partial charge is 0.497 e. The Morgan fingerprint density at radius 2 is 1.86 bits per heavy atom. The van der Waals surface area contributed by atoms with Crippen molar-refractivity contribution in [1.29, 1.82) is 0 Å². The Balaban J connectivity index is 1.42. The highest BCUT2D eigenvalue weighted by atomic mass is 16.5. The maximum absolute atomic E-state index is 5.40. The Kier molecular flexibility index (Phi) is 5.24. The van der Waals surface area contributed by atoms with E-state index in [4.69, 9.17) is 13.8 Å². The predicted molar refractivity (Wildman–Crippen MR) is 107 cm³/mol. The SMILES string of the molecule is COc1ccc(Cc2noc(-c3ccc(N(C)Cc4cc(C)no4)nc3)n2)cc1. The van der Waals surface area contributed by atoms with Gasteiger partial charge in [-0.25, -0.2) is 4.98 Å². The number of methoxy groups -OCH3 is 1. The Hall–Kier alpha value is -3.68. The number of hydrogen-bond donors (Lipinski definition) is 0. The Labute approximate surface area is 168 Å². The zero-order valence-corrected chi connectivity index (χ0v) is 16.5. The second-order valence-electron chi connectivity index (χ2n) is 6.74. The zero-order chi connectivity index (χ0) is 20.2. The van der Waals surface area contributed by atoms with Crippen LogP contribution in [0.4, 0.5) is 5.82 Å². The summed E-state index contributed by atoms with van der Waals surface area (Å²) in [6.07, 6.45) is 2.31. The summed E-state index contributed by atoms with van der Waals surface area (Å²) in [7, 11) is 3.59. The van der Waals surface area contributed by atoms with E-state index in [1.165, 1.54) is 0 Å². The van der Waals surface area contributed by atoms with Crippen molar-refractivity contribution in [2.45, 2.75) is 19.9 Å². The lowest BCUT2D eigenvalue weighted by Crippen LogP contribution is -2.17. The van der Waals surface area contributed by atoms with Crippen LogP contribution < -0.4 is 9.64 Å². The van der Waals surface area contributed by atoms with Gasteiger partial charge in [-0.05, 0) is 36.8 Å². The van der Waals surface area contributed by atoms with Crippen molar-refractivity contribution >= 4 is 5.82 Å². The highest BCUT2D eigenvalue weighted by molar-refractivity contribution is 5.54. The summed E-state index contributed by atoms with van der Waals surface area (Å²) >= 11 is 0. The lowest BCUT2D eigenvalue weighted by molar-refractivity contribution is 0.379. The monoisotopic (exact) mass is 391 g/mol. The van der Waals surface area contributed by atoms with Crippen LogP contribution in [-0.2, 0) is 13.0 Å². The molecule has 148 valence electrons. The fourth-order valence-corrected chi connectivity index (χ4v) is 2.91. The Morgan fingerprint density at radius 3 is 2.52 bits per heavy atom. The van der Waals surface area contributed by atoms with Crippen molar-refractivity contribution in [1.82, 2.24) is 20.3 Å². The first-order chi connectivity index (χ1) is 14.1. The smallest absolute Gasteiger partial charge is 0.259 e. The molecule has 0 unspecified atom stereocenters. The normalized spacial score (nSPS) is 10.9. The topological polar surface area (TPSA) is 90.3 Å². The lowest BCUT2D eigenvalue weighted by Gasteiger charge is -2.16. The molecular weight excluding hydrogens is 370 g/mol. The van der Waals surface area contributed by atoms with Gasteiger partial charge >= 0.3 is 0 Å². The van der Waals surface area contributed by atoms with Crippen molar-refractivity contribution in [3.8, 4) is 17.2 Å². The third-order valence-corrected chi connectivity index (χ3v) is 4.45. The van der Waals surface area contributed by atoms with E-state index in [1.807, 2.05) is 61.3 Å². The minimum atomic E-state index is 0.445. The van der Waals surface area contributed by atoms with E-state index in [1.54, 1.807) is 13.3 Å². The molecular formula is C21H21N5O3. The first kappa shape index (κ1) is 18.7. The fraction of sp³-hybridized carbons (Fsp3) is 0.238. The van der Waals surface area contributed by atoms with Gasteiger partial charge in [0.25, 0.3) is 5.89 Å². The molecule has 0 N–H and O–H groups in total. The van der Waals surface area contributed by atoms with E-state index >= 15 is 0 Å². The zero-order valence-electron chi connectivity index (χ0n) is 16.5. The van der Waals surface area contributed by atoms with Crippen molar-refractivity contribution in [2.24, 2.45) is 0 Å². The molecule has 4 rings (SSSR count). The molecule has 0 atom stereocenters. The van der Waals surface area contributed by atoms with E-state index < -0.39 is 0 Å². The van der Waals surface area contributed by atoms with Crippen LogP contribution in [0.25, 0.3) is 11.5 Å². The molecule has 4 aromatic rings. The molecule has 3 heterocycles. The van der Waals surface area contributed by atoms with Crippen molar-refractivity contribution in [3.05, 3.63) is 71.5 Å². The predicted octanol–water partition coefficient (Wildman–Crippen LogP) is 3.66. The minimum Gasteiger partial charge on any atom is -0.497 e. The minimum absolute atomic E-state index is 0.445. The van der Waals surface area contributed by atoms with Gasteiger partial charge in [0.05, 0.1) is 24.9 Å². The fourth-order valence-electron chi connectivity index (χ4n) is 2.91. The maximum atomic E-state index is 5.40. The summed E-state index contributed by atoms with van der Waals surface area (Å²) in [6, 6.07) is 13.5. The highest BCUT2D eigenvalue weighted by Gasteiger charge is 2.12. The number of rotatable bonds is 7. The first-order valence-electron chi connectivity index (χ1n) is 9.16. The standard InChI is InChI=1S/C21H21N5O3/c1-14-10-18(28-24-14)13-26(2)20-9-6-16(12-22-20)21-23-19(25-29-21)11-15-4-7-17(27-3)8-5-15/h4-10,12H,11,13H2,1-3H3. The molecule has 3 aromatic heterocycles. The van der Waals surface area contributed by atoms with E-state index in [2.05, 4.69) is 20.3 Å². The molecule has 8 heteroatoms. The molecule has 0 bridgehead atoms. The molecule has 0 radical (unpaired) electrons. The Bertz CT molecular complexity index is 1070. The van der Waals surface area contributed by atoms with Gasteiger partial charge in [-0.15, -0.1) is 0 Å². The third kappa shape index (κ3) is 4.43. The summed E-state index contributed by atoms with van der Waals surface area (Å²) in [5.41, 5.74) is 2.71. The van der Waals surface area contributed by atoms with E-state index in [0.717, 1.165) is 34.1 Å². The summed E-state index contributed by atoms with van der Waals surface area (Å²) < 4.78 is 15.8. The molecule has 0 aliphatic carbocycles. The molecule has 0 saturated carbocycles. The molecule has 0 spiro atoms. The molecule has 0 aliphatic rings.